The predicted octanol–water partition coefficient (Wildman–Crippen LogP) is 3.63. The number of nitrogens with zero attached hydrogens (tertiary/aromatic N) is 3. The molecule has 1 amide bonds. The first-order valence-electron chi connectivity index (χ1n) is 8.10. The van der Waals surface area contributed by atoms with E-state index in [0.717, 1.165) is 17.7 Å². The van der Waals surface area contributed by atoms with E-state index < -0.39 is 0 Å². The third-order valence-corrected chi connectivity index (χ3v) is 4.51. The van der Waals surface area contributed by atoms with Gasteiger partial charge in [-0.1, -0.05) is 19.1 Å². The Morgan fingerprint density at radius 2 is 2.13 bits per heavy atom. The van der Waals surface area contributed by atoms with Crippen LogP contribution in [0.5, 0.6) is 5.75 Å². The van der Waals surface area contributed by atoms with Gasteiger partial charge < -0.3 is 10.0 Å². The van der Waals surface area contributed by atoms with Crippen molar-refractivity contribution in [3.63, 3.8) is 0 Å². The van der Waals surface area contributed by atoms with E-state index in [1.54, 1.807) is 11.0 Å². The molecule has 0 unspecified atom stereocenters. The van der Waals surface area contributed by atoms with Gasteiger partial charge in [0.2, 0.25) is 0 Å². The number of aryl methyl sites for hydroxylation is 1. The molecule has 0 spiro atoms. The molecule has 1 aliphatic heterocycles. The standard InChI is InChI=1S/C18H23N3O2/c1-11(2)21-13(4)10-15(19-21)18(23)20-9-8-12(3)14-6-5-7-16(22)17(14)20/h5-7,10-12,22H,8-9H2,1-4H3/t12-/m0/s1. The van der Waals surface area contributed by atoms with Crippen LogP contribution in [0.4, 0.5) is 5.69 Å². The van der Waals surface area contributed by atoms with E-state index in [0.29, 0.717) is 23.8 Å². The lowest BCUT2D eigenvalue weighted by Crippen LogP contribution is -2.36. The molecule has 1 aromatic carbocycles. The minimum Gasteiger partial charge on any atom is -0.506 e. The highest BCUT2D eigenvalue weighted by molar-refractivity contribution is 6.06. The molecule has 5 heteroatoms. The fraction of sp³-hybridized carbons (Fsp3) is 0.444. The highest BCUT2D eigenvalue weighted by atomic mass is 16.3. The molecular weight excluding hydrogens is 290 g/mol. The topological polar surface area (TPSA) is 58.4 Å². The van der Waals surface area contributed by atoms with Crippen molar-refractivity contribution >= 4 is 11.6 Å². The molecule has 0 aliphatic carbocycles. The van der Waals surface area contributed by atoms with Crippen molar-refractivity contribution in [2.24, 2.45) is 0 Å². The van der Waals surface area contributed by atoms with E-state index in [2.05, 4.69) is 12.0 Å². The van der Waals surface area contributed by atoms with Crippen molar-refractivity contribution in [2.45, 2.75) is 46.1 Å². The van der Waals surface area contributed by atoms with Crippen LogP contribution in [-0.4, -0.2) is 27.3 Å². The Bertz CT molecular complexity index is 749. The van der Waals surface area contributed by atoms with Gasteiger partial charge >= 0.3 is 0 Å². The molecule has 1 aromatic heterocycles. The lowest BCUT2D eigenvalue weighted by Gasteiger charge is -2.33. The van der Waals surface area contributed by atoms with Crippen LogP contribution in [0.1, 0.15) is 60.9 Å². The van der Waals surface area contributed by atoms with Crippen LogP contribution in [0.3, 0.4) is 0 Å². The summed E-state index contributed by atoms with van der Waals surface area (Å²) in [5.74, 6) is 0.334. The molecular formula is C18H23N3O2. The van der Waals surface area contributed by atoms with Gasteiger partial charge in [0.25, 0.3) is 5.91 Å². The number of anilines is 1. The number of hydrogen-bond donors (Lipinski definition) is 1. The Balaban J connectivity index is 2.02. The fourth-order valence-corrected chi connectivity index (χ4v) is 3.29. The summed E-state index contributed by atoms with van der Waals surface area (Å²) in [6.45, 7) is 8.75. The van der Waals surface area contributed by atoms with Gasteiger partial charge in [-0.05, 0) is 50.8 Å². The Morgan fingerprint density at radius 1 is 1.39 bits per heavy atom. The zero-order chi connectivity index (χ0) is 16.7. The summed E-state index contributed by atoms with van der Waals surface area (Å²) in [5.41, 5.74) is 3.05. The molecule has 2 heterocycles. The number of benzene rings is 1. The van der Waals surface area contributed by atoms with Crippen molar-refractivity contribution in [2.75, 3.05) is 11.4 Å². The number of aromatic nitrogens is 2. The average molecular weight is 313 g/mol. The molecule has 0 fully saturated rings. The summed E-state index contributed by atoms with van der Waals surface area (Å²) in [4.78, 5) is 14.6. The second-order valence-corrected chi connectivity index (χ2v) is 6.57. The Labute approximate surface area is 136 Å². The summed E-state index contributed by atoms with van der Waals surface area (Å²) in [6, 6.07) is 7.47. The largest absolute Gasteiger partial charge is 0.506 e. The van der Waals surface area contributed by atoms with Gasteiger partial charge in [0.1, 0.15) is 5.75 Å². The van der Waals surface area contributed by atoms with Gasteiger partial charge in [-0.25, -0.2) is 0 Å². The zero-order valence-corrected chi connectivity index (χ0v) is 14.1. The average Bonchev–Trinajstić information content (AvgIpc) is 2.90. The van der Waals surface area contributed by atoms with E-state index >= 15 is 0 Å². The normalized spacial score (nSPS) is 17.4. The second kappa shape index (κ2) is 5.72. The quantitative estimate of drug-likeness (QED) is 0.921. The molecule has 3 rings (SSSR count). The maximum absolute atomic E-state index is 12.9. The number of carbonyl (C=O) groups excluding carboxylic acids is 1. The molecule has 23 heavy (non-hydrogen) atoms. The molecule has 5 nitrogen and oxygen atoms in total. The number of hydrogen-bond acceptors (Lipinski definition) is 3. The maximum Gasteiger partial charge on any atom is 0.278 e. The molecule has 2 aromatic rings. The molecule has 0 radical (unpaired) electrons. The lowest BCUT2D eigenvalue weighted by atomic mass is 9.91. The van der Waals surface area contributed by atoms with Crippen LogP contribution in [0.15, 0.2) is 24.3 Å². The van der Waals surface area contributed by atoms with E-state index in [9.17, 15) is 9.90 Å². The van der Waals surface area contributed by atoms with Crippen molar-refractivity contribution in [3.05, 3.63) is 41.2 Å². The summed E-state index contributed by atoms with van der Waals surface area (Å²) in [7, 11) is 0. The number of para-hydroxylation sites is 1. The summed E-state index contributed by atoms with van der Waals surface area (Å²) in [6.07, 6.45) is 0.881. The first kappa shape index (κ1) is 15.6. The molecule has 0 bridgehead atoms. The first-order valence-corrected chi connectivity index (χ1v) is 8.10. The summed E-state index contributed by atoms with van der Waals surface area (Å²) in [5, 5.41) is 14.7. The fourth-order valence-electron chi connectivity index (χ4n) is 3.29. The monoisotopic (exact) mass is 313 g/mol. The predicted molar refractivity (Wildman–Crippen MR) is 90.2 cm³/mol. The van der Waals surface area contributed by atoms with Crippen LogP contribution in [0.2, 0.25) is 0 Å². The van der Waals surface area contributed by atoms with Gasteiger partial charge in [-0.15, -0.1) is 0 Å². The van der Waals surface area contributed by atoms with Gasteiger partial charge in [-0.2, -0.15) is 5.10 Å². The van der Waals surface area contributed by atoms with Crippen LogP contribution in [0, 0.1) is 6.92 Å². The number of phenolic OH excluding ortho intramolecular Hbond substituents is 1. The number of phenols is 1. The number of rotatable bonds is 2. The van der Waals surface area contributed by atoms with Gasteiger partial charge in [0, 0.05) is 18.3 Å². The van der Waals surface area contributed by atoms with Crippen LogP contribution in [-0.2, 0) is 0 Å². The highest BCUT2D eigenvalue weighted by Crippen LogP contribution is 2.41. The van der Waals surface area contributed by atoms with Crippen LogP contribution < -0.4 is 4.90 Å². The molecule has 0 saturated heterocycles. The maximum atomic E-state index is 12.9. The number of fused-ring (bicyclic) bond motifs is 1. The molecule has 0 saturated carbocycles. The van der Waals surface area contributed by atoms with E-state index in [-0.39, 0.29) is 17.7 Å². The third kappa shape index (κ3) is 2.60. The van der Waals surface area contributed by atoms with Gasteiger partial charge in [0.15, 0.2) is 5.69 Å². The van der Waals surface area contributed by atoms with Crippen molar-refractivity contribution in [3.8, 4) is 5.75 Å². The van der Waals surface area contributed by atoms with E-state index in [4.69, 9.17) is 0 Å². The Morgan fingerprint density at radius 3 is 2.78 bits per heavy atom. The van der Waals surface area contributed by atoms with E-state index in [1.165, 1.54) is 0 Å². The minimum atomic E-state index is -0.151. The molecule has 1 atom stereocenters. The Kier molecular flexibility index (Phi) is 3.88. The van der Waals surface area contributed by atoms with Crippen molar-refractivity contribution in [1.82, 2.24) is 9.78 Å². The molecule has 1 aliphatic rings. The van der Waals surface area contributed by atoms with Gasteiger partial charge in [0.05, 0.1) is 5.69 Å². The molecule has 122 valence electrons. The second-order valence-electron chi connectivity index (χ2n) is 6.57. The zero-order valence-electron chi connectivity index (χ0n) is 14.1. The number of carbonyl (C=O) groups is 1. The Hall–Kier alpha value is -2.30. The number of aromatic hydroxyl groups is 1. The first-order chi connectivity index (χ1) is 10.9. The minimum absolute atomic E-state index is 0.151. The van der Waals surface area contributed by atoms with Crippen LogP contribution >= 0.6 is 0 Å². The smallest absolute Gasteiger partial charge is 0.278 e. The SMILES string of the molecule is Cc1cc(C(=O)N2CC[C@H](C)c3cccc(O)c32)nn1C(C)C. The van der Waals surface area contributed by atoms with Crippen molar-refractivity contribution < 1.29 is 9.90 Å². The van der Waals surface area contributed by atoms with Crippen LogP contribution in [0.25, 0.3) is 0 Å². The lowest BCUT2D eigenvalue weighted by molar-refractivity contribution is 0.0977. The summed E-state index contributed by atoms with van der Waals surface area (Å²) < 4.78 is 1.85. The van der Waals surface area contributed by atoms with Crippen molar-refractivity contribution in [1.29, 1.82) is 0 Å². The van der Waals surface area contributed by atoms with E-state index in [1.807, 2.05) is 43.7 Å². The third-order valence-electron chi connectivity index (χ3n) is 4.51. The summed E-state index contributed by atoms with van der Waals surface area (Å²) >= 11 is 0. The van der Waals surface area contributed by atoms with Gasteiger partial charge in [-0.3, -0.25) is 9.48 Å². The molecule has 1 N–H and O–H groups in total. The number of amides is 1. The highest BCUT2D eigenvalue weighted by Gasteiger charge is 2.31.